The third-order valence-corrected chi connectivity index (χ3v) is 6.98. The van der Waals surface area contributed by atoms with Crippen LogP contribution in [-0.2, 0) is 16.6 Å². The molecule has 0 atom stereocenters. The van der Waals surface area contributed by atoms with E-state index in [1.165, 1.54) is 6.07 Å². The number of carbonyl (C=O) groups excluding carboxylic acids is 1. The summed E-state index contributed by atoms with van der Waals surface area (Å²) >= 11 is 0. The van der Waals surface area contributed by atoms with Gasteiger partial charge in [-0.15, -0.1) is 0 Å². The Kier molecular flexibility index (Phi) is 6.84. The summed E-state index contributed by atoms with van der Waals surface area (Å²) in [5.74, 6) is -0.689. The molecule has 0 spiro atoms. The fraction of sp³-hybridized carbons (Fsp3) is 0.222. The summed E-state index contributed by atoms with van der Waals surface area (Å²) in [7, 11) is -0.459. The van der Waals surface area contributed by atoms with E-state index in [-0.39, 0.29) is 28.9 Å². The molecule has 0 radical (unpaired) electrons. The molecule has 8 heteroatoms. The highest BCUT2D eigenvalue weighted by Gasteiger charge is 2.26. The number of hydrogen-bond donors (Lipinski definition) is 1. The number of anilines is 1. The molecule has 4 aromatic rings. The van der Waals surface area contributed by atoms with Gasteiger partial charge in [-0.2, -0.15) is 0 Å². The molecule has 3 aromatic carbocycles. The van der Waals surface area contributed by atoms with E-state index < -0.39 is 15.9 Å². The van der Waals surface area contributed by atoms with Gasteiger partial charge in [0.05, 0.1) is 0 Å². The minimum atomic E-state index is -4.25. The summed E-state index contributed by atoms with van der Waals surface area (Å²) in [5.41, 5.74) is 3.10. The van der Waals surface area contributed by atoms with Crippen molar-refractivity contribution >= 4 is 32.6 Å². The predicted octanol–water partition coefficient (Wildman–Crippen LogP) is 5.32. The van der Waals surface area contributed by atoms with Crippen molar-refractivity contribution in [3.05, 3.63) is 89.7 Å². The fourth-order valence-corrected chi connectivity index (χ4v) is 4.72. The van der Waals surface area contributed by atoms with E-state index in [0.717, 1.165) is 16.8 Å². The normalized spacial score (nSPS) is 11.6. The van der Waals surface area contributed by atoms with Gasteiger partial charge >= 0.3 is 5.91 Å². The van der Waals surface area contributed by atoms with Gasteiger partial charge in [-0.05, 0) is 47.4 Å². The van der Waals surface area contributed by atoms with Gasteiger partial charge in [-0.3, -0.25) is 4.79 Å². The number of rotatable bonds is 8. The number of furan rings is 1. The van der Waals surface area contributed by atoms with Gasteiger partial charge in [-0.1, -0.05) is 50.2 Å². The molecular formula is C27H28N2O5S. The number of hydrogen-bond acceptors (Lipinski definition) is 6. The molecule has 35 heavy (non-hydrogen) atoms. The van der Waals surface area contributed by atoms with E-state index in [4.69, 9.17) is 9.15 Å². The first-order chi connectivity index (χ1) is 16.6. The second-order valence-corrected chi connectivity index (χ2v) is 10.4. The van der Waals surface area contributed by atoms with Gasteiger partial charge < -0.3 is 14.1 Å². The highest BCUT2D eigenvalue weighted by Crippen LogP contribution is 2.30. The Bertz CT molecular complexity index is 1460. The quantitative estimate of drug-likeness (QED) is 0.358. The number of benzene rings is 3. The minimum Gasteiger partial charge on any atom is -0.487 e. The number of nitrogens with one attached hydrogen (secondary N) is 1. The molecule has 1 aromatic heterocycles. The van der Waals surface area contributed by atoms with Gasteiger partial charge in [-0.25, -0.2) is 13.1 Å². The van der Waals surface area contributed by atoms with Crippen LogP contribution in [0.4, 0.5) is 5.69 Å². The lowest BCUT2D eigenvalue weighted by molar-refractivity contribution is 0.0956. The Morgan fingerprint density at radius 2 is 1.74 bits per heavy atom. The van der Waals surface area contributed by atoms with Gasteiger partial charge in [0, 0.05) is 31.2 Å². The van der Waals surface area contributed by atoms with Crippen molar-refractivity contribution in [3.8, 4) is 5.75 Å². The second-order valence-electron chi connectivity index (χ2n) is 8.80. The summed E-state index contributed by atoms with van der Waals surface area (Å²) in [4.78, 5) is 14.7. The van der Waals surface area contributed by atoms with Crippen molar-refractivity contribution in [2.24, 2.45) is 0 Å². The lowest BCUT2D eigenvalue weighted by Gasteiger charge is -2.15. The van der Waals surface area contributed by atoms with E-state index in [1.54, 1.807) is 18.2 Å². The molecule has 0 aliphatic carbocycles. The van der Waals surface area contributed by atoms with Crippen LogP contribution in [0.2, 0.25) is 0 Å². The Morgan fingerprint density at radius 3 is 2.43 bits per heavy atom. The molecule has 0 bridgehead atoms. The fourth-order valence-electron chi connectivity index (χ4n) is 3.59. The van der Waals surface area contributed by atoms with E-state index >= 15 is 0 Å². The Hall–Kier alpha value is -3.78. The molecule has 1 N–H and O–H groups in total. The summed E-state index contributed by atoms with van der Waals surface area (Å²) in [5, 5.41) is 0.701. The van der Waals surface area contributed by atoms with Gasteiger partial charge in [0.1, 0.15) is 22.8 Å². The molecule has 0 fully saturated rings. The van der Waals surface area contributed by atoms with Crippen molar-refractivity contribution in [3.63, 3.8) is 0 Å². The number of sulfonamides is 1. The van der Waals surface area contributed by atoms with Gasteiger partial charge in [0.2, 0.25) is 0 Å². The standard InChI is InChI=1S/C27H28N2O5S/c1-18(2)20-11-13-23(33-17-19-8-6-5-7-9-19)26(15-20)35(31,32)28-27(30)25-14-21-10-12-22(29(3)4)16-24(21)34-25/h5-16,18H,17H2,1-4H3,(H,28,30). The summed E-state index contributed by atoms with van der Waals surface area (Å²) in [6.45, 7) is 4.12. The highest BCUT2D eigenvalue weighted by atomic mass is 32.2. The van der Waals surface area contributed by atoms with Crippen LogP contribution in [0.5, 0.6) is 5.75 Å². The lowest BCUT2D eigenvalue weighted by atomic mass is 10.0. The molecule has 1 amide bonds. The third kappa shape index (κ3) is 5.49. The van der Waals surface area contributed by atoms with Crippen LogP contribution in [0.15, 0.2) is 82.1 Å². The number of amides is 1. The van der Waals surface area contributed by atoms with E-state index in [0.29, 0.717) is 11.0 Å². The van der Waals surface area contributed by atoms with Crippen molar-refractivity contribution in [1.29, 1.82) is 0 Å². The predicted molar refractivity (Wildman–Crippen MR) is 136 cm³/mol. The molecule has 0 saturated heterocycles. The van der Waals surface area contributed by atoms with Crippen molar-refractivity contribution in [1.82, 2.24) is 4.72 Å². The zero-order chi connectivity index (χ0) is 25.2. The van der Waals surface area contributed by atoms with Gasteiger partial charge in [0.15, 0.2) is 5.76 Å². The Balaban J connectivity index is 1.63. The van der Waals surface area contributed by atoms with Crippen molar-refractivity contribution in [2.75, 3.05) is 19.0 Å². The summed E-state index contributed by atoms with van der Waals surface area (Å²) < 4.78 is 40.3. The first kappa shape index (κ1) is 24.3. The molecular weight excluding hydrogens is 464 g/mol. The first-order valence-corrected chi connectivity index (χ1v) is 12.7. The summed E-state index contributed by atoms with van der Waals surface area (Å²) in [6, 6.07) is 21.5. The molecule has 1 heterocycles. The monoisotopic (exact) mass is 492 g/mol. The number of carbonyl (C=O) groups is 1. The number of ether oxygens (including phenoxy) is 1. The van der Waals surface area contributed by atoms with Crippen LogP contribution in [0.1, 0.15) is 41.4 Å². The Labute approximate surface area is 205 Å². The van der Waals surface area contributed by atoms with E-state index in [2.05, 4.69) is 4.72 Å². The maximum atomic E-state index is 13.3. The number of nitrogens with zero attached hydrogens (tertiary/aromatic N) is 1. The molecule has 4 rings (SSSR count). The van der Waals surface area contributed by atoms with Crippen molar-refractivity contribution < 1.29 is 22.4 Å². The van der Waals surface area contributed by atoms with Crippen LogP contribution in [-0.4, -0.2) is 28.4 Å². The Morgan fingerprint density at radius 1 is 1.00 bits per heavy atom. The van der Waals surface area contributed by atoms with Crippen LogP contribution < -0.4 is 14.4 Å². The average molecular weight is 493 g/mol. The maximum Gasteiger partial charge on any atom is 0.300 e. The molecule has 0 unspecified atom stereocenters. The molecule has 0 saturated carbocycles. The maximum absolute atomic E-state index is 13.3. The molecule has 0 aliphatic heterocycles. The topological polar surface area (TPSA) is 88.8 Å². The van der Waals surface area contributed by atoms with E-state index in [9.17, 15) is 13.2 Å². The largest absolute Gasteiger partial charge is 0.487 e. The SMILES string of the molecule is CC(C)c1ccc(OCc2ccccc2)c(S(=O)(=O)NC(=O)c2cc3ccc(N(C)C)cc3o2)c1. The van der Waals surface area contributed by atoms with Crippen LogP contribution >= 0.6 is 0 Å². The van der Waals surface area contributed by atoms with E-state index in [1.807, 2.05) is 81.4 Å². The first-order valence-electron chi connectivity index (χ1n) is 11.2. The zero-order valence-electron chi connectivity index (χ0n) is 20.1. The van der Waals surface area contributed by atoms with Crippen molar-refractivity contribution in [2.45, 2.75) is 31.3 Å². The summed E-state index contributed by atoms with van der Waals surface area (Å²) in [6.07, 6.45) is 0. The smallest absolute Gasteiger partial charge is 0.300 e. The number of fused-ring (bicyclic) bond motifs is 1. The minimum absolute atomic E-state index is 0.0871. The molecule has 182 valence electrons. The second kappa shape index (κ2) is 9.84. The third-order valence-electron chi connectivity index (χ3n) is 5.63. The lowest BCUT2D eigenvalue weighted by Crippen LogP contribution is -2.30. The zero-order valence-corrected chi connectivity index (χ0v) is 20.9. The average Bonchev–Trinajstić information content (AvgIpc) is 3.26. The van der Waals surface area contributed by atoms with Gasteiger partial charge in [0.25, 0.3) is 10.0 Å². The highest BCUT2D eigenvalue weighted by molar-refractivity contribution is 7.90. The molecule has 7 nitrogen and oxygen atoms in total. The molecule has 0 aliphatic rings. The van der Waals surface area contributed by atoms with Crippen LogP contribution in [0, 0.1) is 0 Å². The van der Waals surface area contributed by atoms with Crippen LogP contribution in [0.3, 0.4) is 0 Å². The van der Waals surface area contributed by atoms with Crippen LogP contribution in [0.25, 0.3) is 11.0 Å².